The zero-order valence-corrected chi connectivity index (χ0v) is 13.1. The summed E-state index contributed by atoms with van der Waals surface area (Å²) in [7, 11) is 1.71. The number of aromatic nitrogens is 4. The predicted molar refractivity (Wildman–Crippen MR) is 77.6 cm³/mol. The highest BCUT2D eigenvalue weighted by Crippen LogP contribution is 2.28. The van der Waals surface area contributed by atoms with Gasteiger partial charge in [-0.15, -0.1) is 10.2 Å². The molecule has 0 aliphatic heterocycles. The molecule has 0 amide bonds. The number of hydrogen-bond donors (Lipinski definition) is 1. The highest BCUT2D eigenvalue weighted by atomic mass is 79.9. The van der Waals surface area contributed by atoms with Gasteiger partial charge in [-0.2, -0.15) is 4.80 Å². The maximum Gasteiger partial charge on any atom is 0.176 e. The van der Waals surface area contributed by atoms with E-state index in [0.717, 1.165) is 17.4 Å². The minimum Gasteiger partial charge on any atom is -0.309 e. The van der Waals surface area contributed by atoms with Crippen molar-refractivity contribution in [3.05, 3.63) is 39.9 Å². The monoisotopic (exact) mass is 341 g/mol. The van der Waals surface area contributed by atoms with Crippen molar-refractivity contribution in [3.63, 3.8) is 0 Å². The molecule has 5 nitrogen and oxygen atoms in total. The van der Waals surface area contributed by atoms with Crippen molar-refractivity contribution in [2.45, 2.75) is 25.8 Å². The molecule has 0 aliphatic carbocycles. The SMILES string of the molecule is CCCNC(Cc1nnn(C)n1)c1c(F)cccc1Br. The number of aryl methyl sites for hydroxylation is 1. The molecular formula is C13H17BrFN5. The second kappa shape index (κ2) is 6.90. The first-order valence-electron chi connectivity index (χ1n) is 6.52. The zero-order chi connectivity index (χ0) is 14.5. The summed E-state index contributed by atoms with van der Waals surface area (Å²) in [5.74, 6) is 0.355. The topological polar surface area (TPSA) is 55.6 Å². The molecule has 0 radical (unpaired) electrons. The second-order valence-corrected chi connectivity index (χ2v) is 5.40. The summed E-state index contributed by atoms with van der Waals surface area (Å²) in [6, 6.07) is 4.80. The van der Waals surface area contributed by atoms with Gasteiger partial charge in [-0.05, 0) is 30.3 Å². The van der Waals surface area contributed by atoms with Gasteiger partial charge in [-0.3, -0.25) is 0 Å². The number of nitrogens with one attached hydrogen (secondary N) is 1. The fourth-order valence-corrected chi connectivity index (χ4v) is 2.64. The van der Waals surface area contributed by atoms with E-state index in [1.165, 1.54) is 10.9 Å². The first-order valence-corrected chi connectivity index (χ1v) is 7.31. The Morgan fingerprint density at radius 3 is 2.85 bits per heavy atom. The standard InChI is InChI=1S/C13H17BrFN5/c1-3-7-16-11(8-12-17-19-20(2)18-12)13-9(14)5-4-6-10(13)15/h4-6,11,16H,3,7-8H2,1-2H3. The van der Waals surface area contributed by atoms with Crippen LogP contribution in [0, 0.1) is 5.82 Å². The molecule has 7 heteroatoms. The average molecular weight is 342 g/mol. The van der Waals surface area contributed by atoms with Crippen LogP contribution in [0.3, 0.4) is 0 Å². The minimum atomic E-state index is -0.239. The fourth-order valence-electron chi connectivity index (χ4n) is 2.03. The number of hydrogen-bond acceptors (Lipinski definition) is 4. The summed E-state index contributed by atoms with van der Waals surface area (Å²) in [6.07, 6.45) is 1.46. The molecule has 0 spiro atoms. The lowest BCUT2D eigenvalue weighted by atomic mass is 10.0. The van der Waals surface area contributed by atoms with Crippen molar-refractivity contribution in [1.29, 1.82) is 0 Å². The number of rotatable bonds is 6. The van der Waals surface area contributed by atoms with Crippen molar-refractivity contribution in [3.8, 4) is 0 Å². The van der Waals surface area contributed by atoms with Crippen molar-refractivity contribution in [1.82, 2.24) is 25.5 Å². The summed E-state index contributed by atoms with van der Waals surface area (Å²) in [5, 5.41) is 15.3. The minimum absolute atomic E-state index is 0.185. The van der Waals surface area contributed by atoms with Gasteiger partial charge in [0.25, 0.3) is 0 Å². The number of halogens is 2. The molecule has 0 saturated carbocycles. The molecular weight excluding hydrogens is 325 g/mol. The van der Waals surface area contributed by atoms with Gasteiger partial charge in [0, 0.05) is 22.5 Å². The molecule has 0 fully saturated rings. The molecule has 1 heterocycles. The van der Waals surface area contributed by atoms with Gasteiger partial charge < -0.3 is 5.32 Å². The van der Waals surface area contributed by atoms with E-state index >= 15 is 0 Å². The third-order valence-electron chi connectivity index (χ3n) is 2.93. The summed E-state index contributed by atoms with van der Waals surface area (Å²) in [4.78, 5) is 1.41. The van der Waals surface area contributed by atoms with Crippen LogP contribution in [0.4, 0.5) is 4.39 Å². The van der Waals surface area contributed by atoms with E-state index in [-0.39, 0.29) is 11.9 Å². The van der Waals surface area contributed by atoms with Gasteiger partial charge in [0.15, 0.2) is 5.82 Å². The fraction of sp³-hybridized carbons (Fsp3) is 0.462. The lowest BCUT2D eigenvalue weighted by Crippen LogP contribution is -2.26. The third-order valence-corrected chi connectivity index (χ3v) is 3.62. The molecule has 0 aliphatic rings. The van der Waals surface area contributed by atoms with Gasteiger partial charge in [0.2, 0.25) is 0 Å². The second-order valence-electron chi connectivity index (χ2n) is 4.54. The van der Waals surface area contributed by atoms with Crippen LogP contribution < -0.4 is 5.32 Å². The Hall–Kier alpha value is -1.34. The number of nitrogens with zero attached hydrogens (tertiary/aromatic N) is 4. The molecule has 1 atom stereocenters. The van der Waals surface area contributed by atoms with E-state index in [1.54, 1.807) is 13.1 Å². The van der Waals surface area contributed by atoms with Crippen molar-refractivity contribution in [2.24, 2.45) is 7.05 Å². The summed E-state index contributed by atoms with van der Waals surface area (Å²) < 4.78 is 14.8. The van der Waals surface area contributed by atoms with Crippen LogP contribution in [0.15, 0.2) is 22.7 Å². The quantitative estimate of drug-likeness (QED) is 0.876. The Morgan fingerprint density at radius 2 is 2.25 bits per heavy atom. The molecule has 0 saturated heterocycles. The maximum absolute atomic E-state index is 14.1. The summed E-state index contributed by atoms with van der Waals surface area (Å²) in [5.41, 5.74) is 0.605. The van der Waals surface area contributed by atoms with Crippen LogP contribution in [0.1, 0.15) is 30.8 Å². The van der Waals surface area contributed by atoms with Crippen LogP contribution >= 0.6 is 15.9 Å². The van der Waals surface area contributed by atoms with E-state index in [9.17, 15) is 4.39 Å². The first-order chi connectivity index (χ1) is 9.61. The molecule has 2 aromatic rings. The Labute approximate surface area is 125 Å². The van der Waals surface area contributed by atoms with Gasteiger partial charge in [-0.1, -0.05) is 28.9 Å². The molecule has 0 bridgehead atoms. The van der Waals surface area contributed by atoms with Gasteiger partial charge in [0.05, 0.1) is 7.05 Å². The predicted octanol–water partition coefficient (Wildman–Crippen LogP) is 2.40. The smallest absolute Gasteiger partial charge is 0.176 e. The first kappa shape index (κ1) is 15.1. The van der Waals surface area contributed by atoms with E-state index in [1.807, 2.05) is 6.07 Å². The van der Waals surface area contributed by atoms with Gasteiger partial charge in [-0.25, -0.2) is 4.39 Å². The zero-order valence-electron chi connectivity index (χ0n) is 11.5. The molecule has 1 N–H and O–H groups in total. The van der Waals surface area contributed by atoms with Gasteiger partial charge in [0.1, 0.15) is 5.82 Å². The molecule has 1 unspecified atom stereocenters. The Balaban J connectivity index is 2.27. The lowest BCUT2D eigenvalue weighted by Gasteiger charge is -2.19. The van der Waals surface area contributed by atoms with Crippen molar-refractivity contribution >= 4 is 15.9 Å². The number of benzene rings is 1. The third kappa shape index (κ3) is 3.61. The van der Waals surface area contributed by atoms with E-state index in [4.69, 9.17) is 0 Å². The Bertz CT molecular complexity index is 551. The van der Waals surface area contributed by atoms with E-state index in [0.29, 0.717) is 17.8 Å². The molecule has 20 heavy (non-hydrogen) atoms. The van der Waals surface area contributed by atoms with E-state index in [2.05, 4.69) is 43.6 Å². The largest absolute Gasteiger partial charge is 0.309 e. The van der Waals surface area contributed by atoms with Crippen molar-refractivity contribution in [2.75, 3.05) is 6.54 Å². The Kier molecular flexibility index (Phi) is 5.19. The van der Waals surface area contributed by atoms with Crippen LogP contribution in [0.5, 0.6) is 0 Å². The van der Waals surface area contributed by atoms with Crippen LogP contribution in [-0.4, -0.2) is 26.8 Å². The highest BCUT2D eigenvalue weighted by Gasteiger charge is 2.20. The highest BCUT2D eigenvalue weighted by molar-refractivity contribution is 9.10. The molecule has 108 valence electrons. The van der Waals surface area contributed by atoms with Crippen molar-refractivity contribution < 1.29 is 4.39 Å². The Morgan fingerprint density at radius 1 is 1.45 bits per heavy atom. The summed E-state index contributed by atoms with van der Waals surface area (Å²) in [6.45, 7) is 2.87. The normalized spacial score (nSPS) is 12.6. The lowest BCUT2D eigenvalue weighted by molar-refractivity contribution is 0.486. The maximum atomic E-state index is 14.1. The number of tetrazole rings is 1. The molecule has 1 aromatic heterocycles. The summed E-state index contributed by atoms with van der Waals surface area (Å²) >= 11 is 3.42. The average Bonchev–Trinajstić information content (AvgIpc) is 2.81. The van der Waals surface area contributed by atoms with Crippen LogP contribution in [0.25, 0.3) is 0 Å². The molecule has 1 aromatic carbocycles. The van der Waals surface area contributed by atoms with Gasteiger partial charge >= 0.3 is 0 Å². The van der Waals surface area contributed by atoms with Crippen LogP contribution in [0.2, 0.25) is 0 Å². The molecule has 2 rings (SSSR count). The van der Waals surface area contributed by atoms with Crippen LogP contribution in [-0.2, 0) is 13.5 Å². The van der Waals surface area contributed by atoms with E-state index < -0.39 is 0 Å².